The van der Waals surface area contributed by atoms with Gasteiger partial charge in [0.25, 0.3) is 0 Å². The van der Waals surface area contributed by atoms with Crippen LogP contribution in [0.15, 0.2) is 116 Å². The summed E-state index contributed by atoms with van der Waals surface area (Å²) in [5, 5.41) is 9.82. The van der Waals surface area contributed by atoms with Gasteiger partial charge in [-0.3, -0.25) is 0 Å². The van der Waals surface area contributed by atoms with Gasteiger partial charge in [-0.05, 0) is 0 Å². The van der Waals surface area contributed by atoms with Crippen molar-refractivity contribution in [2.45, 2.75) is 0 Å². The van der Waals surface area contributed by atoms with E-state index in [1.54, 1.807) is 0 Å². The number of para-hydroxylation sites is 2. The maximum atomic E-state index is 4.81. The predicted molar refractivity (Wildman–Crippen MR) is 155 cm³/mol. The van der Waals surface area contributed by atoms with E-state index in [9.17, 15) is 0 Å². The Labute approximate surface area is 229 Å². The van der Waals surface area contributed by atoms with Gasteiger partial charge in [0.1, 0.15) is 0 Å². The van der Waals surface area contributed by atoms with Crippen LogP contribution in [0.5, 0.6) is 0 Å². The number of rotatable bonds is 2. The van der Waals surface area contributed by atoms with E-state index in [1.165, 1.54) is 61.4 Å². The van der Waals surface area contributed by atoms with Gasteiger partial charge in [-0.1, -0.05) is 0 Å². The molecule has 0 atom stereocenters. The summed E-state index contributed by atoms with van der Waals surface area (Å²) in [5.74, 6) is 0.958. The van der Waals surface area contributed by atoms with E-state index in [0.29, 0.717) is 0 Å². The monoisotopic (exact) mass is 682 g/mol. The second-order valence-electron chi connectivity index (χ2n) is 9.57. The quantitative estimate of drug-likeness (QED) is 0.244. The topological polar surface area (TPSA) is 40.6 Å². The maximum absolute atomic E-state index is 4.81. The van der Waals surface area contributed by atoms with Crippen LogP contribution in [0.4, 0.5) is 0 Å². The number of fused-ring (bicyclic) bond motifs is 9. The predicted octanol–water partition coefficient (Wildman–Crippen LogP) is 5.43. The van der Waals surface area contributed by atoms with Crippen molar-refractivity contribution in [2.24, 2.45) is 0 Å². The summed E-state index contributed by atoms with van der Waals surface area (Å²) in [7, 11) is 0. The first-order valence-corrected chi connectivity index (χ1v) is 15.8. The van der Waals surface area contributed by atoms with Crippen LogP contribution in [0.3, 0.4) is 0 Å². The van der Waals surface area contributed by atoms with Gasteiger partial charge in [-0.25, -0.2) is 0 Å². The molecule has 4 aromatic heterocycles. The summed E-state index contributed by atoms with van der Waals surface area (Å²) in [6.45, 7) is 0. The number of hydrogen-bond acceptors (Lipinski definition) is 2. The van der Waals surface area contributed by atoms with Crippen molar-refractivity contribution in [1.82, 2.24) is 23.9 Å². The van der Waals surface area contributed by atoms with Crippen molar-refractivity contribution in [3.8, 4) is 17.2 Å². The first kappa shape index (κ1) is 20.8. The molecule has 0 amide bonds. The van der Waals surface area contributed by atoms with E-state index < -0.39 is 23.6 Å². The minimum atomic E-state index is -1.26. The fourth-order valence-electron chi connectivity index (χ4n) is 6.08. The summed E-state index contributed by atoms with van der Waals surface area (Å²) >= 11 is -1.26. The van der Waals surface area contributed by atoms with Gasteiger partial charge in [-0.15, -0.1) is 0 Å². The van der Waals surface area contributed by atoms with E-state index in [1.807, 2.05) is 29.2 Å². The van der Waals surface area contributed by atoms with Gasteiger partial charge < -0.3 is 0 Å². The summed E-state index contributed by atoms with van der Waals surface area (Å²) < 4.78 is 9.86. The Hall–Kier alpha value is -4.26. The second kappa shape index (κ2) is 7.63. The van der Waals surface area contributed by atoms with E-state index in [4.69, 9.17) is 4.98 Å². The van der Waals surface area contributed by atoms with Gasteiger partial charge >= 0.3 is 230 Å². The molecule has 5 nitrogen and oxygen atoms in total. The molecule has 0 saturated heterocycles. The molecule has 0 fully saturated rings. The molecule has 38 heavy (non-hydrogen) atoms. The normalized spacial score (nSPS) is 12.6. The third kappa shape index (κ3) is 2.63. The van der Waals surface area contributed by atoms with Gasteiger partial charge in [0, 0.05) is 0 Å². The molecule has 5 heterocycles. The first-order chi connectivity index (χ1) is 18.9. The van der Waals surface area contributed by atoms with Crippen molar-refractivity contribution in [3.05, 3.63) is 116 Å². The third-order valence-corrected chi connectivity index (χ3v) is 12.3. The number of hydrogen-bond donors (Lipinski definition) is 0. The Morgan fingerprint density at radius 3 is 1.89 bits per heavy atom. The van der Waals surface area contributed by atoms with E-state index in [2.05, 4.69) is 105 Å². The molecule has 1 aliphatic rings. The van der Waals surface area contributed by atoms with E-state index in [0.717, 1.165) is 5.82 Å². The summed E-state index contributed by atoms with van der Waals surface area (Å²) in [5.41, 5.74) is 7.58. The van der Waals surface area contributed by atoms with Gasteiger partial charge in [0.05, 0.1) is 0 Å². The molecule has 6 heteroatoms. The fraction of sp³-hybridized carbons (Fsp3) is 0. The summed E-state index contributed by atoms with van der Waals surface area (Å²) in [6.07, 6.45) is 5.81. The molecular formula is C32H19N5Po. The second-order valence-corrected chi connectivity index (χ2v) is 13.5. The Morgan fingerprint density at radius 2 is 1.18 bits per heavy atom. The van der Waals surface area contributed by atoms with Gasteiger partial charge in [0.2, 0.25) is 0 Å². The summed E-state index contributed by atoms with van der Waals surface area (Å²) in [6, 6.07) is 34.9. The van der Waals surface area contributed by atoms with E-state index >= 15 is 0 Å². The van der Waals surface area contributed by atoms with Crippen LogP contribution in [-0.4, -0.2) is 47.5 Å². The van der Waals surface area contributed by atoms with Crippen LogP contribution in [0.1, 0.15) is 0 Å². The third-order valence-electron chi connectivity index (χ3n) is 7.61. The van der Waals surface area contributed by atoms with Crippen molar-refractivity contribution in [2.75, 3.05) is 0 Å². The van der Waals surface area contributed by atoms with Crippen molar-refractivity contribution in [3.63, 3.8) is 0 Å². The fourth-order valence-corrected chi connectivity index (χ4v) is 11.2. The zero-order valence-corrected chi connectivity index (χ0v) is 23.3. The van der Waals surface area contributed by atoms with Gasteiger partial charge in [0.15, 0.2) is 0 Å². The van der Waals surface area contributed by atoms with Crippen LogP contribution in [-0.2, 0) is 0 Å². The molecule has 1 aliphatic heterocycles. The molecule has 0 bridgehead atoms. The number of aromatic nitrogens is 5. The molecular weight excluding hydrogens is 663 g/mol. The average molecular weight is 683 g/mol. The minimum absolute atomic E-state index is 0.958. The number of nitrogens with zero attached hydrogens (tertiary/aromatic N) is 5. The van der Waals surface area contributed by atoms with E-state index in [-0.39, 0.29) is 0 Å². The Morgan fingerprint density at radius 1 is 0.526 bits per heavy atom. The average Bonchev–Trinajstić information content (AvgIpc) is 3.70. The van der Waals surface area contributed by atoms with Crippen LogP contribution in [0.2, 0.25) is 0 Å². The SMILES string of the molecule is c1ccc(-n2c3ccccc3c3ccc4[c](c32)[Po][c]2c(-n3cccn3)ccc3c5ccccc5n-4c23)nc1. The van der Waals surface area contributed by atoms with Crippen molar-refractivity contribution in [1.29, 1.82) is 0 Å². The first-order valence-electron chi connectivity index (χ1n) is 12.6. The van der Waals surface area contributed by atoms with Crippen molar-refractivity contribution < 1.29 is 0 Å². The summed E-state index contributed by atoms with van der Waals surface area (Å²) in [4.78, 5) is 4.81. The number of benzene rings is 4. The Kier molecular flexibility index (Phi) is 4.17. The molecule has 9 rings (SSSR count). The zero-order valence-electron chi connectivity index (χ0n) is 20.1. The molecule has 0 spiro atoms. The molecule has 178 valence electrons. The molecule has 0 N–H and O–H groups in total. The Balaban J connectivity index is 1.50. The molecule has 0 saturated carbocycles. The number of pyridine rings is 1. The van der Waals surface area contributed by atoms with Crippen LogP contribution < -0.4 is 6.44 Å². The molecule has 0 radical (unpaired) electrons. The van der Waals surface area contributed by atoms with Crippen molar-refractivity contribution >= 4 is 73.6 Å². The van der Waals surface area contributed by atoms with Crippen LogP contribution in [0, 0.1) is 0 Å². The van der Waals surface area contributed by atoms with Gasteiger partial charge in [-0.2, -0.15) is 0 Å². The van der Waals surface area contributed by atoms with Crippen LogP contribution >= 0.6 is 0 Å². The standard InChI is InChI=1S/C32H19N5.Po/c1-3-10-28-24(8-1)26-15-13-22(35-19-7-18-34-35)20-30(26)36(28)23-14-16-27-25-9-2-4-11-29(25)37(31(27)21-23)32-12-5-6-17-33-32;/h1-19H;. The molecule has 0 aliphatic carbocycles. The van der Waals surface area contributed by atoms with Crippen LogP contribution in [0.25, 0.3) is 60.8 Å². The molecule has 0 unspecified atom stereocenters. The zero-order chi connectivity index (χ0) is 24.8. The molecule has 4 aromatic carbocycles. The molecule has 8 aromatic rings. The Bertz CT molecular complexity index is 2200.